The minimum Gasteiger partial charge on any atom is -0.379 e. The summed E-state index contributed by atoms with van der Waals surface area (Å²) in [7, 11) is 1.77. The highest BCUT2D eigenvalue weighted by Gasteiger charge is 2.26. The minimum atomic E-state index is -0.121. The minimum absolute atomic E-state index is 0.121. The lowest BCUT2D eigenvalue weighted by molar-refractivity contribution is 0.00272. The van der Waals surface area contributed by atoms with Crippen molar-refractivity contribution in [3.8, 4) is 0 Å². The number of carbonyl (C=O) groups is 1. The molecule has 0 saturated carbocycles. The van der Waals surface area contributed by atoms with Crippen LogP contribution in [0.2, 0.25) is 0 Å². The Morgan fingerprint density at radius 2 is 1.93 bits per heavy atom. The lowest BCUT2D eigenvalue weighted by Crippen LogP contribution is -2.53. The van der Waals surface area contributed by atoms with E-state index in [4.69, 9.17) is 4.74 Å². The van der Waals surface area contributed by atoms with E-state index in [0.29, 0.717) is 30.6 Å². The first-order valence-electron chi connectivity index (χ1n) is 10.6. The molecule has 2 heterocycles. The van der Waals surface area contributed by atoms with Crippen molar-refractivity contribution >= 4 is 11.9 Å². The van der Waals surface area contributed by atoms with Crippen LogP contribution in [0.15, 0.2) is 29.5 Å². The number of nitrogens with zero attached hydrogens (tertiary/aromatic N) is 3. The van der Waals surface area contributed by atoms with Gasteiger partial charge in [-0.05, 0) is 18.1 Å². The van der Waals surface area contributed by atoms with E-state index in [9.17, 15) is 4.79 Å². The van der Waals surface area contributed by atoms with Crippen molar-refractivity contribution in [3.05, 3.63) is 30.1 Å². The van der Waals surface area contributed by atoms with Gasteiger partial charge < -0.3 is 20.7 Å². The average Bonchev–Trinajstić information content (AvgIpc) is 2.78. The molecule has 0 aromatic carbocycles. The summed E-state index contributed by atoms with van der Waals surface area (Å²) in [6, 6.07) is 3.96. The molecule has 1 aromatic rings. The van der Waals surface area contributed by atoms with Crippen molar-refractivity contribution in [3.63, 3.8) is 0 Å². The van der Waals surface area contributed by atoms with E-state index in [1.54, 1.807) is 31.6 Å². The van der Waals surface area contributed by atoms with Gasteiger partial charge in [-0.3, -0.25) is 19.7 Å². The predicted molar refractivity (Wildman–Crippen MR) is 116 cm³/mol. The Kier molecular flexibility index (Phi) is 10.4. The Labute approximate surface area is 174 Å². The van der Waals surface area contributed by atoms with Crippen LogP contribution >= 0.6 is 0 Å². The molecule has 3 N–H and O–H groups in total. The summed E-state index contributed by atoms with van der Waals surface area (Å²) in [6.45, 7) is 10.0. The molecule has 1 amide bonds. The number of aromatic nitrogens is 1. The summed E-state index contributed by atoms with van der Waals surface area (Å²) in [5.74, 6) is 1.27. The smallest absolute Gasteiger partial charge is 0.252 e. The highest BCUT2D eigenvalue weighted by atomic mass is 16.5. The number of pyridine rings is 1. The number of rotatable bonds is 10. The van der Waals surface area contributed by atoms with E-state index in [1.807, 2.05) is 0 Å². The Bertz CT molecular complexity index is 615. The van der Waals surface area contributed by atoms with E-state index in [-0.39, 0.29) is 5.91 Å². The maximum atomic E-state index is 12.0. The first-order valence-corrected chi connectivity index (χ1v) is 10.6. The lowest BCUT2D eigenvalue weighted by atomic mass is 9.92. The second-order valence-electron chi connectivity index (χ2n) is 7.17. The van der Waals surface area contributed by atoms with E-state index in [2.05, 4.69) is 44.7 Å². The molecule has 0 aliphatic carbocycles. The Morgan fingerprint density at radius 3 is 2.55 bits per heavy atom. The fraction of sp³-hybridized carbons (Fsp3) is 0.667. The van der Waals surface area contributed by atoms with Crippen molar-refractivity contribution in [2.45, 2.75) is 32.7 Å². The Morgan fingerprint density at radius 1 is 1.21 bits per heavy atom. The quantitative estimate of drug-likeness (QED) is 0.308. The van der Waals surface area contributed by atoms with Crippen molar-refractivity contribution in [1.29, 1.82) is 0 Å². The Hall–Kier alpha value is -2.19. The number of hydrogen-bond acceptors (Lipinski definition) is 5. The van der Waals surface area contributed by atoms with Gasteiger partial charge in [0.1, 0.15) is 0 Å². The van der Waals surface area contributed by atoms with Crippen LogP contribution in [-0.2, 0) is 4.74 Å². The van der Waals surface area contributed by atoms with E-state index in [0.717, 1.165) is 51.6 Å². The van der Waals surface area contributed by atoms with Gasteiger partial charge in [-0.1, -0.05) is 26.7 Å². The number of hydrogen-bond donors (Lipinski definition) is 3. The molecular formula is C21H36N6O2. The highest BCUT2D eigenvalue weighted by Crippen LogP contribution is 2.19. The topological polar surface area (TPSA) is 90.9 Å². The molecule has 1 atom stereocenters. The van der Waals surface area contributed by atoms with E-state index >= 15 is 0 Å². The molecule has 1 saturated heterocycles. The monoisotopic (exact) mass is 404 g/mol. The van der Waals surface area contributed by atoms with Crippen LogP contribution in [-0.4, -0.2) is 80.8 Å². The molecule has 8 heteroatoms. The largest absolute Gasteiger partial charge is 0.379 e. The molecule has 1 aromatic heterocycles. The van der Waals surface area contributed by atoms with Crippen molar-refractivity contribution in [2.24, 2.45) is 10.9 Å². The molecule has 1 aliphatic rings. The first kappa shape index (κ1) is 23.1. The molecule has 162 valence electrons. The van der Waals surface area contributed by atoms with Crippen molar-refractivity contribution < 1.29 is 9.53 Å². The fourth-order valence-electron chi connectivity index (χ4n) is 3.71. The molecule has 1 unspecified atom stereocenters. The molecule has 8 nitrogen and oxygen atoms in total. The van der Waals surface area contributed by atoms with Gasteiger partial charge in [-0.2, -0.15) is 0 Å². The summed E-state index contributed by atoms with van der Waals surface area (Å²) in [5.41, 5.74) is 0.563. The van der Waals surface area contributed by atoms with Crippen LogP contribution in [0.5, 0.6) is 0 Å². The Balaban J connectivity index is 1.77. The number of nitrogens with one attached hydrogen (secondary N) is 3. The van der Waals surface area contributed by atoms with E-state index < -0.39 is 0 Å². The number of morpholine rings is 1. The second-order valence-corrected chi connectivity index (χ2v) is 7.17. The predicted octanol–water partition coefficient (Wildman–Crippen LogP) is 1.11. The second kappa shape index (κ2) is 13.1. The molecule has 1 aliphatic heterocycles. The maximum Gasteiger partial charge on any atom is 0.252 e. The summed E-state index contributed by atoms with van der Waals surface area (Å²) in [4.78, 5) is 22.9. The zero-order chi connectivity index (χ0) is 20.9. The molecule has 29 heavy (non-hydrogen) atoms. The van der Waals surface area contributed by atoms with E-state index in [1.165, 1.54) is 0 Å². The first-order chi connectivity index (χ1) is 14.2. The lowest BCUT2D eigenvalue weighted by Gasteiger charge is -2.39. The third-order valence-electron chi connectivity index (χ3n) is 5.44. The number of amides is 1. The molecule has 2 rings (SSSR count). The number of aliphatic imine (C=N–C) groups is 1. The summed E-state index contributed by atoms with van der Waals surface area (Å²) < 4.78 is 5.52. The molecule has 1 fully saturated rings. The van der Waals surface area contributed by atoms with Crippen LogP contribution in [0.1, 0.15) is 37.0 Å². The number of guanidine groups is 1. The number of carbonyl (C=O) groups excluding carboxylic acids is 1. The highest BCUT2D eigenvalue weighted by molar-refractivity contribution is 5.93. The van der Waals surface area contributed by atoms with Crippen LogP contribution in [0, 0.1) is 5.92 Å². The average molecular weight is 405 g/mol. The van der Waals surface area contributed by atoms with Gasteiger partial charge in [0, 0.05) is 58.2 Å². The van der Waals surface area contributed by atoms with Crippen molar-refractivity contribution in [1.82, 2.24) is 25.8 Å². The van der Waals surface area contributed by atoms with Crippen LogP contribution in [0.3, 0.4) is 0 Å². The van der Waals surface area contributed by atoms with Crippen LogP contribution in [0.25, 0.3) is 0 Å². The number of ether oxygens (including phenoxy) is 1. The normalized spacial score (nSPS) is 16.5. The molecule has 0 radical (unpaired) electrons. The van der Waals surface area contributed by atoms with Gasteiger partial charge in [0.2, 0.25) is 0 Å². The summed E-state index contributed by atoms with van der Waals surface area (Å²) >= 11 is 0. The third-order valence-corrected chi connectivity index (χ3v) is 5.44. The molecular weight excluding hydrogens is 368 g/mol. The van der Waals surface area contributed by atoms with Crippen LogP contribution in [0.4, 0.5) is 0 Å². The van der Waals surface area contributed by atoms with Crippen molar-refractivity contribution in [2.75, 3.05) is 53.0 Å². The van der Waals surface area contributed by atoms with Gasteiger partial charge in [-0.25, -0.2) is 0 Å². The van der Waals surface area contributed by atoms with Gasteiger partial charge in [0.15, 0.2) is 5.96 Å². The van der Waals surface area contributed by atoms with Gasteiger partial charge >= 0.3 is 0 Å². The zero-order valence-electron chi connectivity index (χ0n) is 18.0. The third kappa shape index (κ3) is 7.62. The molecule has 0 bridgehead atoms. The summed E-state index contributed by atoms with van der Waals surface area (Å²) in [6.07, 6.45) is 5.53. The zero-order valence-corrected chi connectivity index (χ0v) is 18.0. The standard InChI is InChI=1S/C21H36N6O2/c1-4-17(5-2)19(27-11-13-29-14-12-27)16-26-21(22-3)25-10-9-24-20(28)18-7-6-8-23-15-18/h6-8,15,17,19H,4-5,9-14,16H2,1-3H3,(H,24,28)(H2,22,25,26). The van der Waals surface area contributed by atoms with Gasteiger partial charge in [0.25, 0.3) is 5.91 Å². The van der Waals surface area contributed by atoms with Gasteiger partial charge in [0.05, 0.1) is 18.8 Å². The summed E-state index contributed by atoms with van der Waals surface area (Å²) in [5, 5.41) is 9.63. The SMILES string of the molecule is CCC(CC)C(CNC(=NC)NCCNC(=O)c1cccnc1)N1CCOCC1. The maximum absolute atomic E-state index is 12.0. The molecule has 0 spiro atoms. The van der Waals surface area contributed by atoms with Gasteiger partial charge in [-0.15, -0.1) is 0 Å². The fourth-order valence-corrected chi connectivity index (χ4v) is 3.71. The van der Waals surface area contributed by atoms with Crippen LogP contribution < -0.4 is 16.0 Å².